The number of carbonyl (C=O) groups is 2. The third kappa shape index (κ3) is 5.81. The number of carbonyl (C=O) groups excluding carboxylic acids is 2. The molecule has 0 spiro atoms. The van der Waals surface area contributed by atoms with E-state index in [0.29, 0.717) is 22.7 Å². The van der Waals surface area contributed by atoms with Crippen LogP contribution in [0.2, 0.25) is 0 Å². The molecule has 7 heteroatoms. The van der Waals surface area contributed by atoms with Crippen molar-refractivity contribution >= 4 is 28.8 Å². The fourth-order valence-corrected chi connectivity index (χ4v) is 4.76. The first-order valence-electron chi connectivity index (χ1n) is 11.0. The summed E-state index contributed by atoms with van der Waals surface area (Å²) in [6, 6.07) is 13.5. The lowest BCUT2D eigenvalue weighted by Gasteiger charge is -2.30. The molecular formula is C25H28N4O2S. The number of anilines is 1. The number of hydrogen-bond donors (Lipinski definition) is 2. The van der Waals surface area contributed by atoms with E-state index < -0.39 is 0 Å². The summed E-state index contributed by atoms with van der Waals surface area (Å²) in [6.07, 6.45) is 5.73. The Hall–Kier alpha value is -3.03. The molecule has 1 atom stereocenters. The second-order valence-electron chi connectivity index (χ2n) is 8.34. The summed E-state index contributed by atoms with van der Waals surface area (Å²) in [5.41, 5.74) is 3.36. The molecule has 2 N–H and O–H groups in total. The van der Waals surface area contributed by atoms with E-state index in [1.807, 2.05) is 0 Å². The number of pyridine rings is 1. The van der Waals surface area contributed by atoms with E-state index in [-0.39, 0.29) is 11.8 Å². The maximum atomic E-state index is 12.7. The molecule has 0 saturated carbocycles. The van der Waals surface area contributed by atoms with Crippen LogP contribution in [0.25, 0.3) is 0 Å². The van der Waals surface area contributed by atoms with Crippen LogP contribution in [-0.2, 0) is 13.1 Å². The minimum absolute atomic E-state index is 0.198. The third-order valence-corrected chi connectivity index (χ3v) is 6.60. The van der Waals surface area contributed by atoms with Crippen molar-refractivity contribution in [2.24, 2.45) is 5.92 Å². The van der Waals surface area contributed by atoms with Gasteiger partial charge in [0.15, 0.2) is 0 Å². The fraction of sp³-hybridized carbons (Fsp3) is 0.320. The number of likely N-dealkylation sites (tertiary alicyclic amines) is 1. The van der Waals surface area contributed by atoms with Crippen molar-refractivity contribution in [3.63, 3.8) is 0 Å². The van der Waals surface area contributed by atoms with Gasteiger partial charge < -0.3 is 10.6 Å². The molecule has 0 bridgehead atoms. The van der Waals surface area contributed by atoms with E-state index in [1.165, 1.54) is 42.8 Å². The number of thiophene rings is 1. The van der Waals surface area contributed by atoms with Gasteiger partial charge in [0.2, 0.25) is 0 Å². The molecular weight excluding hydrogens is 420 g/mol. The molecule has 6 nitrogen and oxygen atoms in total. The predicted molar refractivity (Wildman–Crippen MR) is 128 cm³/mol. The molecule has 1 aliphatic rings. The van der Waals surface area contributed by atoms with E-state index in [4.69, 9.17) is 0 Å². The van der Waals surface area contributed by atoms with Gasteiger partial charge in [-0.2, -0.15) is 0 Å². The molecule has 1 aromatic carbocycles. The predicted octanol–water partition coefficient (Wildman–Crippen LogP) is 4.56. The first kappa shape index (κ1) is 22.2. The smallest absolute Gasteiger partial charge is 0.263 e. The highest BCUT2D eigenvalue weighted by Crippen LogP contribution is 2.23. The second-order valence-corrected chi connectivity index (χ2v) is 9.25. The molecule has 1 saturated heterocycles. The van der Waals surface area contributed by atoms with Gasteiger partial charge >= 0.3 is 0 Å². The topological polar surface area (TPSA) is 74.3 Å². The lowest BCUT2D eigenvalue weighted by Crippen LogP contribution is -2.33. The quantitative estimate of drug-likeness (QED) is 0.556. The van der Waals surface area contributed by atoms with E-state index in [2.05, 4.69) is 51.7 Å². The van der Waals surface area contributed by atoms with Crippen LogP contribution in [0.3, 0.4) is 0 Å². The number of benzene rings is 1. The number of hydrogen-bond acceptors (Lipinski definition) is 5. The molecule has 3 heterocycles. The van der Waals surface area contributed by atoms with Crippen molar-refractivity contribution < 1.29 is 9.59 Å². The SMILES string of the molecule is CC1CCCN(Cc2ccc(CNC(=O)c3sccc3NC(=O)c3ccncc3)cc2)C1. The lowest BCUT2D eigenvalue weighted by atomic mass is 9.99. The summed E-state index contributed by atoms with van der Waals surface area (Å²) in [5.74, 6) is 0.310. The molecule has 2 amide bonds. The average molecular weight is 449 g/mol. The zero-order valence-electron chi connectivity index (χ0n) is 18.2. The maximum Gasteiger partial charge on any atom is 0.263 e. The monoisotopic (exact) mass is 448 g/mol. The Balaban J connectivity index is 1.30. The van der Waals surface area contributed by atoms with Crippen LogP contribution in [-0.4, -0.2) is 34.8 Å². The Bertz CT molecular complexity index is 1050. The largest absolute Gasteiger partial charge is 0.347 e. The Labute approximate surface area is 192 Å². The molecule has 2 aromatic heterocycles. The van der Waals surface area contributed by atoms with Gasteiger partial charge in [0.05, 0.1) is 5.69 Å². The summed E-state index contributed by atoms with van der Waals surface area (Å²) in [6.45, 7) is 6.07. The summed E-state index contributed by atoms with van der Waals surface area (Å²) in [5, 5.41) is 7.57. The summed E-state index contributed by atoms with van der Waals surface area (Å²) in [7, 11) is 0. The van der Waals surface area contributed by atoms with Gasteiger partial charge in [-0.15, -0.1) is 11.3 Å². The molecule has 1 unspecified atom stereocenters. The van der Waals surface area contributed by atoms with Gasteiger partial charge in [-0.1, -0.05) is 31.2 Å². The number of piperidine rings is 1. The van der Waals surface area contributed by atoms with Crippen LogP contribution >= 0.6 is 11.3 Å². The Morgan fingerprint density at radius 3 is 2.56 bits per heavy atom. The highest BCUT2D eigenvalue weighted by molar-refractivity contribution is 7.12. The average Bonchev–Trinajstić information content (AvgIpc) is 3.27. The second kappa shape index (κ2) is 10.5. The third-order valence-electron chi connectivity index (χ3n) is 5.69. The van der Waals surface area contributed by atoms with Gasteiger partial charge in [-0.25, -0.2) is 0 Å². The molecule has 1 fully saturated rings. The lowest BCUT2D eigenvalue weighted by molar-refractivity contribution is 0.0955. The Morgan fingerprint density at radius 2 is 1.81 bits per heavy atom. The van der Waals surface area contributed by atoms with E-state index in [0.717, 1.165) is 18.0 Å². The number of amides is 2. The van der Waals surface area contributed by atoms with Crippen LogP contribution in [0.4, 0.5) is 5.69 Å². The number of rotatable bonds is 7. The van der Waals surface area contributed by atoms with Gasteiger partial charge in [0, 0.05) is 37.6 Å². The number of nitrogens with one attached hydrogen (secondary N) is 2. The van der Waals surface area contributed by atoms with Crippen LogP contribution in [0.1, 0.15) is 50.9 Å². The highest BCUT2D eigenvalue weighted by Gasteiger charge is 2.17. The highest BCUT2D eigenvalue weighted by atomic mass is 32.1. The zero-order valence-corrected chi connectivity index (χ0v) is 19.0. The van der Waals surface area contributed by atoms with E-state index in [1.54, 1.807) is 36.0 Å². The van der Waals surface area contributed by atoms with Crippen LogP contribution in [0.5, 0.6) is 0 Å². The molecule has 166 valence electrons. The maximum absolute atomic E-state index is 12.7. The molecule has 1 aliphatic heterocycles. The molecule has 32 heavy (non-hydrogen) atoms. The van der Waals surface area contributed by atoms with Gasteiger partial charge in [-0.3, -0.25) is 19.5 Å². The van der Waals surface area contributed by atoms with Crippen molar-refractivity contribution in [2.75, 3.05) is 18.4 Å². The molecule has 0 radical (unpaired) electrons. The van der Waals surface area contributed by atoms with Crippen molar-refractivity contribution in [1.82, 2.24) is 15.2 Å². The molecule has 3 aromatic rings. The van der Waals surface area contributed by atoms with E-state index in [9.17, 15) is 9.59 Å². The standard InChI is InChI=1S/C25H28N4O2S/c1-18-3-2-13-29(16-18)17-20-6-4-19(5-7-20)15-27-25(31)23-22(10-14-32-23)28-24(30)21-8-11-26-12-9-21/h4-12,14,18H,2-3,13,15-17H2,1H3,(H,27,31)(H,28,30). The fourth-order valence-electron chi connectivity index (χ4n) is 3.99. The van der Waals surface area contributed by atoms with Gasteiger partial charge in [-0.05, 0) is 60.0 Å². The van der Waals surface area contributed by atoms with Crippen molar-refractivity contribution in [3.05, 3.63) is 81.8 Å². The Morgan fingerprint density at radius 1 is 1.06 bits per heavy atom. The Kier molecular flexibility index (Phi) is 7.29. The first-order valence-corrected chi connectivity index (χ1v) is 11.8. The summed E-state index contributed by atoms with van der Waals surface area (Å²) < 4.78 is 0. The van der Waals surface area contributed by atoms with Crippen molar-refractivity contribution in [2.45, 2.75) is 32.9 Å². The number of aromatic nitrogens is 1. The van der Waals surface area contributed by atoms with Crippen LogP contribution in [0, 0.1) is 5.92 Å². The van der Waals surface area contributed by atoms with Gasteiger partial charge in [0.25, 0.3) is 11.8 Å². The van der Waals surface area contributed by atoms with Crippen LogP contribution in [0.15, 0.2) is 60.2 Å². The minimum atomic E-state index is -0.265. The zero-order chi connectivity index (χ0) is 22.3. The summed E-state index contributed by atoms with van der Waals surface area (Å²) >= 11 is 1.31. The minimum Gasteiger partial charge on any atom is -0.347 e. The van der Waals surface area contributed by atoms with Crippen molar-refractivity contribution in [1.29, 1.82) is 0 Å². The first-order chi connectivity index (χ1) is 15.6. The van der Waals surface area contributed by atoms with Crippen molar-refractivity contribution in [3.8, 4) is 0 Å². The number of nitrogens with zero attached hydrogens (tertiary/aromatic N) is 2. The normalized spacial score (nSPS) is 16.5. The van der Waals surface area contributed by atoms with Crippen LogP contribution < -0.4 is 10.6 Å². The molecule has 0 aliphatic carbocycles. The van der Waals surface area contributed by atoms with Gasteiger partial charge in [0.1, 0.15) is 4.88 Å². The van der Waals surface area contributed by atoms with E-state index >= 15 is 0 Å². The molecule has 4 rings (SSSR count). The summed E-state index contributed by atoms with van der Waals surface area (Å²) in [4.78, 5) is 32.0.